The van der Waals surface area contributed by atoms with Gasteiger partial charge in [-0.2, -0.15) is 0 Å². The number of nitrogens with zero attached hydrogens (tertiary/aromatic N) is 1. The maximum Gasteiger partial charge on any atom is 0.254 e. The number of anilines is 1. The van der Waals surface area contributed by atoms with Gasteiger partial charge >= 0.3 is 0 Å². The Balaban J connectivity index is 2.15. The monoisotopic (exact) mass is 302 g/mol. The molecule has 0 aromatic heterocycles. The van der Waals surface area contributed by atoms with Gasteiger partial charge in [-0.05, 0) is 57.2 Å². The summed E-state index contributed by atoms with van der Waals surface area (Å²) in [6, 6.07) is 5.67. The van der Waals surface area contributed by atoms with E-state index in [4.69, 9.17) is 0 Å². The summed E-state index contributed by atoms with van der Waals surface area (Å²) in [7, 11) is 1.80. The molecule has 4 heteroatoms. The Morgan fingerprint density at radius 3 is 2.41 bits per heavy atom. The van der Waals surface area contributed by atoms with Crippen LogP contribution in [0.25, 0.3) is 0 Å². The number of hydrogen-bond acceptors (Lipinski definition) is 2. The fourth-order valence-electron chi connectivity index (χ4n) is 2.42. The van der Waals surface area contributed by atoms with Crippen LogP contribution in [0.2, 0.25) is 0 Å². The van der Waals surface area contributed by atoms with Gasteiger partial charge in [-0.25, -0.2) is 0 Å². The summed E-state index contributed by atoms with van der Waals surface area (Å²) in [5.41, 5.74) is 2.27. The second-order valence-electron chi connectivity index (χ2n) is 6.65. The number of carbonyl (C=O) groups excluding carboxylic acids is 2. The van der Waals surface area contributed by atoms with Gasteiger partial charge in [0.2, 0.25) is 5.91 Å². The highest BCUT2D eigenvalue weighted by atomic mass is 16.2. The molecule has 0 heterocycles. The zero-order valence-electron chi connectivity index (χ0n) is 14.1. The van der Waals surface area contributed by atoms with E-state index in [1.54, 1.807) is 18.0 Å². The van der Waals surface area contributed by atoms with Crippen LogP contribution in [0.1, 0.15) is 49.5 Å². The molecule has 1 saturated carbocycles. The first kappa shape index (κ1) is 16.5. The minimum Gasteiger partial charge on any atom is -0.339 e. The minimum absolute atomic E-state index is 0.0150. The molecule has 2 rings (SSSR count). The van der Waals surface area contributed by atoms with Gasteiger partial charge in [0.15, 0.2) is 0 Å². The third-order valence-electron chi connectivity index (χ3n) is 4.57. The lowest BCUT2D eigenvalue weighted by Crippen LogP contribution is -2.33. The third-order valence-corrected chi connectivity index (χ3v) is 4.57. The summed E-state index contributed by atoms with van der Waals surface area (Å²) in [6.45, 7) is 7.85. The van der Waals surface area contributed by atoms with E-state index in [2.05, 4.69) is 5.32 Å². The molecule has 0 aliphatic heterocycles. The van der Waals surface area contributed by atoms with Crippen LogP contribution >= 0.6 is 0 Å². The zero-order chi connectivity index (χ0) is 16.4. The van der Waals surface area contributed by atoms with Crippen molar-refractivity contribution in [3.05, 3.63) is 29.3 Å². The third kappa shape index (κ3) is 3.67. The predicted octanol–water partition coefficient (Wildman–Crippen LogP) is 3.46. The van der Waals surface area contributed by atoms with Crippen molar-refractivity contribution >= 4 is 17.5 Å². The quantitative estimate of drug-likeness (QED) is 0.905. The second-order valence-corrected chi connectivity index (χ2v) is 6.65. The second kappa shape index (κ2) is 6.51. The van der Waals surface area contributed by atoms with Gasteiger partial charge < -0.3 is 10.2 Å². The molecule has 22 heavy (non-hydrogen) atoms. The van der Waals surface area contributed by atoms with Gasteiger partial charge in [0.25, 0.3) is 5.91 Å². The molecule has 1 aliphatic carbocycles. The highest BCUT2D eigenvalue weighted by molar-refractivity contribution is 5.98. The standard InChI is InChI=1S/C18H26N2O2/c1-11(2)20(5)18(22)16-10-15(9-6-12(16)3)19-17(21)13(4)14-7-8-14/h6,9-11,13-14H,7-8H2,1-5H3,(H,19,21). The smallest absolute Gasteiger partial charge is 0.254 e. The molecule has 0 bridgehead atoms. The van der Waals surface area contributed by atoms with Crippen molar-refractivity contribution < 1.29 is 9.59 Å². The Kier molecular flexibility index (Phi) is 4.89. The van der Waals surface area contributed by atoms with Gasteiger partial charge in [-0.1, -0.05) is 13.0 Å². The fraction of sp³-hybridized carbons (Fsp3) is 0.556. The Morgan fingerprint density at radius 2 is 1.86 bits per heavy atom. The minimum atomic E-state index is -0.0150. The lowest BCUT2D eigenvalue weighted by Gasteiger charge is -2.23. The number of aryl methyl sites for hydroxylation is 1. The first-order valence-corrected chi connectivity index (χ1v) is 8.00. The molecule has 1 aliphatic rings. The Morgan fingerprint density at radius 1 is 1.23 bits per heavy atom. The van der Waals surface area contributed by atoms with Crippen molar-refractivity contribution in [3.8, 4) is 0 Å². The molecule has 1 unspecified atom stereocenters. The van der Waals surface area contributed by atoms with Gasteiger partial charge in [0, 0.05) is 30.3 Å². The Labute approximate surface area is 132 Å². The number of carbonyl (C=O) groups is 2. The lowest BCUT2D eigenvalue weighted by atomic mass is 10.0. The van der Waals surface area contributed by atoms with Crippen molar-refractivity contribution in [2.45, 2.75) is 46.6 Å². The molecule has 120 valence electrons. The highest BCUT2D eigenvalue weighted by Crippen LogP contribution is 2.37. The van der Waals surface area contributed by atoms with E-state index in [-0.39, 0.29) is 23.8 Å². The van der Waals surface area contributed by atoms with E-state index in [9.17, 15) is 9.59 Å². The topological polar surface area (TPSA) is 49.4 Å². The van der Waals surface area contributed by atoms with Crippen LogP contribution in [0, 0.1) is 18.8 Å². The first-order chi connectivity index (χ1) is 10.3. The number of benzene rings is 1. The van der Waals surface area contributed by atoms with Crippen LogP contribution in [-0.2, 0) is 4.79 Å². The van der Waals surface area contributed by atoms with Gasteiger partial charge in [0.1, 0.15) is 0 Å². The molecule has 1 atom stereocenters. The van der Waals surface area contributed by atoms with E-state index in [1.165, 1.54) is 0 Å². The van der Waals surface area contributed by atoms with E-state index in [0.29, 0.717) is 17.2 Å². The highest BCUT2D eigenvalue weighted by Gasteiger charge is 2.32. The van der Waals surface area contributed by atoms with Crippen molar-refractivity contribution in [1.82, 2.24) is 4.90 Å². The summed E-state index contributed by atoms with van der Waals surface area (Å²) in [6.07, 6.45) is 2.29. The molecule has 1 aromatic rings. The van der Waals surface area contributed by atoms with Crippen LogP contribution in [0.3, 0.4) is 0 Å². The molecule has 4 nitrogen and oxygen atoms in total. The molecular weight excluding hydrogens is 276 g/mol. The van der Waals surface area contributed by atoms with E-state index in [0.717, 1.165) is 18.4 Å². The predicted molar refractivity (Wildman–Crippen MR) is 88.9 cm³/mol. The van der Waals surface area contributed by atoms with Gasteiger partial charge in [-0.3, -0.25) is 9.59 Å². The maximum absolute atomic E-state index is 12.5. The first-order valence-electron chi connectivity index (χ1n) is 8.00. The average molecular weight is 302 g/mol. The van der Waals surface area contributed by atoms with Crippen LogP contribution in [-0.4, -0.2) is 29.8 Å². The number of amides is 2. The Hall–Kier alpha value is -1.84. The van der Waals surface area contributed by atoms with Crippen LogP contribution in [0.5, 0.6) is 0 Å². The van der Waals surface area contributed by atoms with E-state index < -0.39 is 0 Å². The Bertz CT molecular complexity index is 576. The molecule has 2 amide bonds. The van der Waals surface area contributed by atoms with Gasteiger partial charge in [0.05, 0.1) is 0 Å². The van der Waals surface area contributed by atoms with Crippen LogP contribution in [0.4, 0.5) is 5.69 Å². The summed E-state index contributed by atoms with van der Waals surface area (Å²) >= 11 is 0. The number of nitrogens with one attached hydrogen (secondary N) is 1. The van der Waals surface area contributed by atoms with E-state index in [1.807, 2.05) is 39.8 Å². The summed E-state index contributed by atoms with van der Waals surface area (Å²) < 4.78 is 0. The number of rotatable bonds is 5. The van der Waals surface area contributed by atoms with Crippen molar-refractivity contribution in [2.75, 3.05) is 12.4 Å². The van der Waals surface area contributed by atoms with Crippen LogP contribution in [0.15, 0.2) is 18.2 Å². The molecule has 0 saturated heterocycles. The van der Waals surface area contributed by atoms with Crippen molar-refractivity contribution in [2.24, 2.45) is 11.8 Å². The molecule has 1 aromatic carbocycles. The summed E-state index contributed by atoms with van der Waals surface area (Å²) in [5, 5.41) is 2.94. The van der Waals surface area contributed by atoms with Crippen molar-refractivity contribution in [1.29, 1.82) is 0 Å². The van der Waals surface area contributed by atoms with Crippen molar-refractivity contribution in [3.63, 3.8) is 0 Å². The largest absolute Gasteiger partial charge is 0.339 e. The maximum atomic E-state index is 12.5. The van der Waals surface area contributed by atoms with E-state index >= 15 is 0 Å². The van der Waals surface area contributed by atoms with Gasteiger partial charge in [-0.15, -0.1) is 0 Å². The summed E-state index contributed by atoms with van der Waals surface area (Å²) in [5.74, 6) is 0.596. The normalized spacial score (nSPS) is 15.5. The molecule has 0 spiro atoms. The molecule has 1 N–H and O–H groups in total. The SMILES string of the molecule is Cc1ccc(NC(=O)C(C)C2CC2)cc1C(=O)N(C)C(C)C. The summed E-state index contributed by atoms with van der Waals surface area (Å²) in [4.78, 5) is 26.4. The molecule has 0 radical (unpaired) electrons. The lowest BCUT2D eigenvalue weighted by molar-refractivity contribution is -0.119. The number of hydrogen-bond donors (Lipinski definition) is 1. The van der Waals surface area contributed by atoms with Crippen LogP contribution < -0.4 is 5.32 Å². The average Bonchev–Trinajstić information content (AvgIpc) is 3.31. The zero-order valence-corrected chi connectivity index (χ0v) is 14.1. The fourth-order valence-corrected chi connectivity index (χ4v) is 2.42. The molecular formula is C18H26N2O2. The molecule has 1 fully saturated rings.